The summed E-state index contributed by atoms with van der Waals surface area (Å²) in [6.45, 7) is 9.04. The third-order valence-electron chi connectivity index (χ3n) is 6.75. The zero-order valence-corrected chi connectivity index (χ0v) is 21.9. The van der Waals surface area contributed by atoms with E-state index >= 15 is 0 Å². The molecule has 1 saturated heterocycles. The van der Waals surface area contributed by atoms with Crippen LogP contribution in [0.1, 0.15) is 25.0 Å². The zero-order valence-electron chi connectivity index (χ0n) is 21.2. The van der Waals surface area contributed by atoms with Crippen LogP contribution < -0.4 is 24.6 Å². The van der Waals surface area contributed by atoms with E-state index in [9.17, 15) is 0 Å². The van der Waals surface area contributed by atoms with Gasteiger partial charge in [0.1, 0.15) is 22.5 Å². The molecule has 0 atom stereocenters. The van der Waals surface area contributed by atoms with Gasteiger partial charge in [0.2, 0.25) is 5.95 Å². The summed E-state index contributed by atoms with van der Waals surface area (Å²) in [5.74, 6) is 2.84. The first-order valence-corrected chi connectivity index (χ1v) is 12.5. The average Bonchev–Trinajstić information content (AvgIpc) is 3.14. The van der Waals surface area contributed by atoms with Crippen LogP contribution in [0.2, 0.25) is 5.15 Å². The number of nitrogens with zero attached hydrogens (tertiary/aromatic N) is 4. The summed E-state index contributed by atoms with van der Waals surface area (Å²) < 4.78 is 16.5. The van der Waals surface area contributed by atoms with Gasteiger partial charge in [-0.2, -0.15) is 4.98 Å². The van der Waals surface area contributed by atoms with E-state index in [-0.39, 0.29) is 5.41 Å². The lowest BCUT2D eigenvalue weighted by atomic mass is 9.89. The normalized spacial score (nSPS) is 16.6. The second-order valence-electron chi connectivity index (χ2n) is 9.73. The monoisotopic (exact) mass is 509 g/mol. The Balaban J connectivity index is 1.42. The van der Waals surface area contributed by atoms with Crippen molar-refractivity contribution in [3.05, 3.63) is 58.7 Å². The number of anilines is 4. The number of hydrogen-bond donors (Lipinski definition) is 1. The summed E-state index contributed by atoms with van der Waals surface area (Å²) in [4.78, 5) is 14.1. The quantitative estimate of drug-likeness (QED) is 0.445. The van der Waals surface area contributed by atoms with Crippen LogP contribution in [0.3, 0.4) is 0 Å². The van der Waals surface area contributed by atoms with Crippen molar-refractivity contribution in [2.45, 2.75) is 25.8 Å². The van der Waals surface area contributed by atoms with E-state index < -0.39 is 0 Å². The van der Waals surface area contributed by atoms with Crippen molar-refractivity contribution in [1.29, 1.82) is 0 Å². The molecule has 3 aromatic rings. The molecule has 1 fully saturated rings. The number of halogens is 1. The second kappa shape index (κ2) is 10.0. The maximum absolute atomic E-state index is 6.75. The van der Waals surface area contributed by atoms with Crippen molar-refractivity contribution in [1.82, 2.24) is 9.97 Å². The summed E-state index contributed by atoms with van der Waals surface area (Å²) >= 11 is 6.75. The molecule has 8 nitrogen and oxygen atoms in total. The van der Waals surface area contributed by atoms with Gasteiger partial charge in [-0.1, -0.05) is 37.6 Å². The van der Waals surface area contributed by atoms with Crippen molar-refractivity contribution < 1.29 is 14.2 Å². The minimum atomic E-state index is -0.172. The molecule has 0 amide bonds. The van der Waals surface area contributed by atoms with Crippen LogP contribution in [0.5, 0.6) is 11.5 Å². The smallest absolute Gasteiger partial charge is 0.230 e. The lowest BCUT2D eigenvalue weighted by molar-refractivity contribution is 0.122. The Morgan fingerprint density at radius 3 is 2.47 bits per heavy atom. The number of fused-ring (bicyclic) bond motifs is 1. The molecule has 9 heteroatoms. The molecule has 2 aromatic carbocycles. The molecule has 1 N–H and O–H groups in total. The highest BCUT2D eigenvalue weighted by Crippen LogP contribution is 2.44. The van der Waals surface area contributed by atoms with Gasteiger partial charge in [-0.15, -0.1) is 0 Å². The molecule has 2 aliphatic heterocycles. The molecule has 0 unspecified atom stereocenters. The Labute approximate surface area is 217 Å². The van der Waals surface area contributed by atoms with E-state index in [1.165, 1.54) is 5.56 Å². The molecule has 190 valence electrons. The topological polar surface area (TPSA) is 72.0 Å². The maximum Gasteiger partial charge on any atom is 0.230 e. The van der Waals surface area contributed by atoms with Crippen molar-refractivity contribution in [3.63, 3.8) is 0 Å². The van der Waals surface area contributed by atoms with Crippen molar-refractivity contribution in [2.75, 3.05) is 62.2 Å². The first-order valence-electron chi connectivity index (χ1n) is 12.1. The number of methoxy groups -OCH3 is 2. The molecule has 36 heavy (non-hydrogen) atoms. The number of benzene rings is 2. The number of rotatable bonds is 7. The van der Waals surface area contributed by atoms with Gasteiger partial charge in [0.15, 0.2) is 0 Å². The third kappa shape index (κ3) is 4.88. The molecule has 2 aliphatic rings. The fourth-order valence-corrected chi connectivity index (χ4v) is 5.34. The van der Waals surface area contributed by atoms with Gasteiger partial charge in [-0.05, 0) is 29.8 Å². The lowest BCUT2D eigenvalue weighted by Crippen LogP contribution is -2.36. The van der Waals surface area contributed by atoms with Crippen molar-refractivity contribution in [2.24, 2.45) is 0 Å². The van der Waals surface area contributed by atoms with Gasteiger partial charge in [0.25, 0.3) is 0 Å². The maximum atomic E-state index is 6.75. The van der Waals surface area contributed by atoms with E-state index in [4.69, 9.17) is 30.8 Å². The molecule has 5 rings (SSSR count). The van der Waals surface area contributed by atoms with Gasteiger partial charge >= 0.3 is 0 Å². The second-order valence-corrected chi connectivity index (χ2v) is 10.1. The van der Waals surface area contributed by atoms with Gasteiger partial charge in [0, 0.05) is 48.9 Å². The third-order valence-corrected chi connectivity index (χ3v) is 7.02. The SMILES string of the molecule is COc1ccc(CN2CC(C)(C)c3c(Cl)nc(Nc4ccc(N5CCOCC5)cc4OC)nc32)cc1. The predicted molar refractivity (Wildman–Crippen MR) is 143 cm³/mol. The highest BCUT2D eigenvalue weighted by Gasteiger charge is 2.39. The minimum Gasteiger partial charge on any atom is -0.497 e. The zero-order chi connectivity index (χ0) is 25.3. The van der Waals surface area contributed by atoms with E-state index in [1.807, 2.05) is 24.3 Å². The van der Waals surface area contributed by atoms with E-state index in [1.54, 1.807) is 14.2 Å². The Kier molecular flexibility index (Phi) is 6.81. The van der Waals surface area contributed by atoms with Gasteiger partial charge in [-0.25, -0.2) is 4.98 Å². The van der Waals surface area contributed by atoms with Crippen molar-refractivity contribution >= 4 is 34.7 Å². The first-order chi connectivity index (χ1) is 17.4. The fraction of sp³-hybridized carbons (Fsp3) is 0.407. The van der Waals surface area contributed by atoms with Crippen LogP contribution in [-0.2, 0) is 16.7 Å². The number of hydrogen-bond acceptors (Lipinski definition) is 8. The molecule has 0 saturated carbocycles. The van der Waals surface area contributed by atoms with Crippen LogP contribution in [0.15, 0.2) is 42.5 Å². The Bertz CT molecular complexity index is 1230. The molecule has 0 spiro atoms. The summed E-state index contributed by atoms with van der Waals surface area (Å²) in [6.07, 6.45) is 0. The average molecular weight is 510 g/mol. The molecule has 0 bridgehead atoms. The first kappa shape index (κ1) is 24.5. The van der Waals surface area contributed by atoms with E-state index in [0.717, 1.165) is 67.1 Å². The van der Waals surface area contributed by atoms with Gasteiger partial charge in [0.05, 0.1) is 33.1 Å². The molecule has 0 aliphatic carbocycles. The number of nitrogens with one attached hydrogen (secondary N) is 1. The lowest BCUT2D eigenvalue weighted by Gasteiger charge is -2.29. The highest BCUT2D eigenvalue weighted by atomic mass is 35.5. The number of ether oxygens (including phenoxy) is 3. The molecule has 1 aromatic heterocycles. The van der Waals surface area contributed by atoms with Crippen LogP contribution in [0.4, 0.5) is 23.1 Å². The summed E-state index contributed by atoms with van der Waals surface area (Å²) in [6, 6.07) is 14.2. The molecular weight excluding hydrogens is 478 g/mol. The Hall–Kier alpha value is -3.23. The van der Waals surface area contributed by atoms with E-state index in [2.05, 4.69) is 52.1 Å². The molecular formula is C27H32ClN5O3. The van der Waals surface area contributed by atoms with E-state index in [0.29, 0.717) is 17.6 Å². The molecule has 3 heterocycles. The number of morpholine rings is 1. The Morgan fingerprint density at radius 2 is 1.78 bits per heavy atom. The van der Waals surface area contributed by atoms with Crippen LogP contribution in [0, 0.1) is 0 Å². The Morgan fingerprint density at radius 1 is 1.03 bits per heavy atom. The summed E-state index contributed by atoms with van der Waals surface area (Å²) in [7, 11) is 3.34. The minimum absolute atomic E-state index is 0.172. The van der Waals surface area contributed by atoms with Gasteiger partial charge < -0.3 is 29.3 Å². The van der Waals surface area contributed by atoms with Crippen molar-refractivity contribution in [3.8, 4) is 11.5 Å². The summed E-state index contributed by atoms with van der Waals surface area (Å²) in [5.41, 5.74) is 3.85. The molecule has 0 radical (unpaired) electrons. The summed E-state index contributed by atoms with van der Waals surface area (Å²) in [5, 5.41) is 3.80. The fourth-order valence-electron chi connectivity index (χ4n) is 4.92. The predicted octanol–water partition coefficient (Wildman–Crippen LogP) is 5.03. The van der Waals surface area contributed by atoms with Crippen LogP contribution in [-0.4, -0.2) is 57.0 Å². The van der Waals surface area contributed by atoms with Crippen LogP contribution in [0.25, 0.3) is 0 Å². The highest BCUT2D eigenvalue weighted by molar-refractivity contribution is 6.30. The largest absolute Gasteiger partial charge is 0.497 e. The van der Waals surface area contributed by atoms with Crippen LogP contribution >= 0.6 is 11.6 Å². The number of aromatic nitrogens is 2. The standard InChI is InChI=1S/C27H32ClN5O3/c1-27(2)17-33(16-18-5-8-20(34-3)9-6-18)25-23(27)24(28)30-26(31-25)29-21-10-7-19(15-22(21)35-4)32-11-13-36-14-12-32/h5-10,15H,11-14,16-17H2,1-4H3,(H,29,30,31). The van der Waals surface area contributed by atoms with Gasteiger partial charge in [-0.3, -0.25) is 0 Å².